The zero-order valence-electron chi connectivity index (χ0n) is 21.5. The van der Waals surface area contributed by atoms with Crippen molar-refractivity contribution in [3.63, 3.8) is 0 Å². The molecule has 0 spiro atoms. The number of fused-ring (bicyclic) bond motifs is 5. The van der Waals surface area contributed by atoms with Crippen LogP contribution >= 0.6 is 0 Å². The Kier molecular flexibility index (Phi) is 6.81. The van der Waals surface area contributed by atoms with Gasteiger partial charge in [0.2, 0.25) is 0 Å². The van der Waals surface area contributed by atoms with Crippen LogP contribution in [0.2, 0.25) is 0 Å². The molecule has 0 radical (unpaired) electrons. The number of aromatic nitrogens is 1. The molecule has 0 aliphatic heterocycles. The zero-order valence-corrected chi connectivity index (χ0v) is 21.5. The predicted molar refractivity (Wildman–Crippen MR) is 134 cm³/mol. The highest BCUT2D eigenvalue weighted by molar-refractivity contribution is 5.22. The molecular formula is C30H44N2O2. The fraction of sp³-hybridized carbons (Fsp3) is 0.800. The van der Waals surface area contributed by atoms with Gasteiger partial charge in [0, 0.05) is 12.3 Å². The number of aliphatic hydroxyl groups is 1. The third-order valence-electron chi connectivity index (χ3n) is 10.9. The Morgan fingerprint density at radius 2 is 1.94 bits per heavy atom. The van der Waals surface area contributed by atoms with Gasteiger partial charge in [-0.05, 0) is 130 Å². The van der Waals surface area contributed by atoms with E-state index in [1.54, 1.807) is 0 Å². The summed E-state index contributed by atoms with van der Waals surface area (Å²) in [5.74, 6) is 5.49. The highest BCUT2D eigenvalue weighted by atomic mass is 16.5. The lowest BCUT2D eigenvalue weighted by Crippen LogP contribution is -2.52. The monoisotopic (exact) mass is 464 g/mol. The minimum absolute atomic E-state index is 0.449. The van der Waals surface area contributed by atoms with Gasteiger partial charge in [-0.25, -0.2) is 4.98 Å². The number of ether oxygens (including phenoxy) is 1. The lowest BCUT2D eigenvalue weighted by molar-refractivity contribution is -0.129. The normalized spacial score (nSPS) is 42.2. The SMILES string of the molecule is CCOC[C@@]1(O)CC[C@H]2[C@H](CC[C@@H]3[C@@H]2CC[C@]2(C)[C@@H]([C@H](C)Cc4cccc(C#N)n4)CC[C@@H]32)C1. The van der Waals surface area contributed by atoms with E-state index in [-0.39, 0.29) is 0 Å². The van der Waals surface area contributed by atoms with E-state index in [2.05, 4.69) is 31.0 Å². The van der Waals surface area contributed by atoms with E-state index in [1.807, 2.05) is 19.1 Å². The second kappa shape index (κ2) is 9.55. The molecule has 1 heterocycles. The molecule has 0 unspecified atom stereocenters. The van der Waals surface area contributed by atoms with Gasteiger partial charge in [-0.3, -0.25) is 0 Å². The summed E-state index contributed by atoms with van der Waals surface area (Å²) in [6.45, 7) is 8.29. The van der Waals surface area contributed by atoms with Crippen molar-refractivity contribution in [1.29, 1.82) is 5.26 Å². The van der Waals surface area contributed by atoms with Crippen molar-refractivity contribution in [2.75, 3.05) is 13.2 Å². The third-order valence-corrected chi connectivity index (χ3v) is 10.9. The smallest absolute Gasteiger partial charge is 0.140 e. The van der Waals surface area contributed by atoms with Crippen molar-refractivity contribution < 1.29 is 9.84 Å². The van der Waals surface area contributed by atoms with Gasteiger partial charge in [-0.15, -0.1) is 0 Å². The number of rotatable bonds is 6. The van der Waals surface area contributed by atoms with Crippen LogP contribution in [0.15, 0.2) is 18.2 Å². The quantitative estimate of drug-likeness (QED) is 0.547. The summed E-state index contributed by atoms with van der Waals surface area (Å²) in [5, 5.41) is 20.4. The lowest BCUT2D eigenvalue weighted by atomic mass is 9.48. The first-order valence-electron chi connectivity index (χ1n) is 14.0. The summed E-state index contributed by atoms with van der Waals surface area (Å²) in [7, 11) is 0. The predicted octanol–water partition coefficient (Wildman–Crippen LogP) is 6.17. The van der Waals surface area contributed by atoms with E-state index in [9.17, 15) is 10.4 Å². The van der Waals surface area contributed by atoms with Crippen LogP contribution in [0.25, 0.3) is 0 Å². The van der Waals surface area contributed by atoms with E-state index in [0.717, 1.165) is 54.5 Å². The largest absolute Gasteiger partial charge is 0.387 e. The average molecular weight is 465 g/mol. The van der Waals surface area contributed by atoms with Gasteiger partial charge in [0.25, 0.3) is 0 Å². The zero-order chi connectivity index (χ0) is 23.9. The molecule has 1 aromatic heterocycles. The Bertz CT molecular complexity index is 911. The maximum atomic E-state index is 11.1. The van der Waals surface area contributed by atoms with Crippen LogP contribution in [0.5, 0.6) is 0 Å². The van der Waals surface area contributed by atoms with Crippen LogP contribution in [0.4, 0.5) is 0 Å². The van der Waals surface area contributed by atoms with Gasteiger partial charge in [0.15, 0.2) is 0 Å². The lowest BCUT2D eigenvalue weighted by Gasteiger charge is -2.57. The van der Waals surface area contributed by atoms with Gasteiger partial charge in [0.1, 0.15) is 11.8 Å². The molecular weight excluding hydrogens is 420 g/mol. The van der Waals surface area contributed by atoms with Crippen molar-refractivity contribution in [2.24, 2.45) is 46.8 Å². The number of hydrogen-bond donors (Lipinski definition) is 1. The minimum Gasteiger partial charge on any atom is -0.387 e. The first-order valence-corrected chi connectivity index (χ1v) is 14.0. The van der Waals surface area contributed by atoms with Gasteiger partial charge >= 0.3 is 0 Å². The summed E-state index contributed by atoms with van der Waals surface area (Å²) in [4.78, 5) is 4.58. The molecule has 9 atom stereocenters. The molecule has 4 nitrogen and oxygen atoms in total. The molecule has 186 valence electrons. The van der Waals surface area contributed by atoms with Crippen LogP contribution in [0.3, 0.4) is 0 Å². The summed E-state index contributed by atoms with van der Waals surface area (Å²) >= 11 is 0. The maximum Gasteiger partial charge on any atom is 0.140 e. The second-order valence-corrected chi connectivity index (χ2v) is 12.6. The average Bonchev–Trinajstić information content (AvgIpc) is 3.20. The van der Waals surface area contributed by atoms with E-state index in [0.29, 0.717) is 36.2 Å². The van der Waals surface area contributed by atoms with Crippen LogP contribution < -0.4 is 0 Å². The van der Waals surface area contributed by atoms with E-state index in [1.165, 1.54) is 44.9 Å². The Balaban J connectivity index is 1.26. The molecule has 0 aromatic carbocycles. The minimum atomic E-state index is -0.585. The second-order valence-electron chi connectivity index (χ2n) is 12.6. The van der Waals surface area contributed by atoms with Gasteiger partial charge in [0.05, 0.1) is 12.2 Å². The first kappa shape index (κ1) is 24.3. The topological polar surface area (TPSA) is 66.1 Å². The van der Waals surface area contributed by atoms with Gasteiger partial charge in [-0.2, -0.15) is 5.26 Å². The van der Waals surface area contributed by atoms with E-state index < -0.39 is 5.60 Å². The maximum absolute atomic E-state index is 11.1. The summed E-state index contributed by atoms with van der Waals surface area (Å²) < 4.78 is 5.65. The number of hydrogen-bond acceptors (Lipinski definition) is 4. The molecule has 4 aliphatic rings. The van der Waals surface area contributed by atoms with Gasteiger partial charge in [-0.1, -0.05) is 19.9 Å². The Hall–Kier alpha value is -1.44. The van der Waals surface area contributed by atoms with Gasteiger partial charge < -0.3 is 9.84 Å². The van der Waals surface area contributed by atoms with Crippen molar-refractivity contribution in [3.8, 4) is 6.07 Å². The summed E-state index contributed by atoms with van der Waals surface area (Å²) in [6.07, 6.45) is 12.2. The summed E-state index contributed by atoms with van der Waals surface area (Å²) in [6, 6.07) is 8.08. The van der Waals surface area contributed by atoms with Crippen molar-refractivity contribution in [1.82, 2.24) is 4.98 Å². The highest BCUT2D eigenvalue weighted by Crippen LogP contribution is 2.65. The van der Waals surface area contributed by atoms with Crippen LogP contribution in [-0.2, 0) is 11.2 Å². The molecule has 0 saturated heterocycles. The van der Waals surface area contributed by atoms with E-state index >= 15 is 0 Å². The first-order chi connectivity index (χ1) is 16.4. The molecule has 4 aliphatic carbocycles. The van der Waals surface area contributed by atoms with Crippen LogP contribution in [0, 0.1) is 58.2 Å². The summed E-state index contributed by atoms with van der Waals surface area (Å²) in [5.41, 5.74) is 1.48. The van der Waals surface area contributed by atoms with Crippen molar-refractivity contribution in [2.45, 2.75) is 90.6 Å². The molecule has 0 amide bonds. The van der Waals surface area contributed by atoms with Crippen molar-refractivity contribution in [3.05, 3.63) is 29.6 Å². The molecule has 4 fully saturated rings. The van der Waals surface area contributed by atoms with Crippen LogP contribution in [0.1, 0.15) is 89.9 Å². The fourth-order valence-electron chi connectivity index (χ4n) is 9.49. The Morgan fingerprint density at radius 3 is 2.74 bits per heavy atom. The Morgan fingerprint density at radius 1 is 1.12 bits per heavy atom. The number of nitriles is 1. The molecule has 0 bridgehead atoms. The van der Waals surface area contributed by atoms with E-state index in [4.69, 9.17) is 4.74 Å². The standard InChI is InChI=1S/C30H44N2O2/c1-4-34-19-30(33)15-13-24-21(17-30)8-9-26-25(24)12-14-29(3)27(10-11-28(26)29)20(2)16-22-6-5-7-23(18-31)32-22/h5-7,20-21,24-28,33H,4,8-17,19H2,1-3H3/t20-,21-,24+,25-,26-,27-,28+,29-,30-/m1/s1. The van der Waals surface area contributed by atoms with Crippen LogP contribution in [-0.4, -0.2) is 28.9 Å². The molecule has 5 rings (SSSR count). The highest BCUT2D eigenvalue weighted by Gasteiger charge is 2.58. The molecule has 1 N–H and O–H groups in total. The fourth-order valence-corrected chi connectivity index (χ4v) is 9.49. The molecule has 34 heavy (non-hydrogen) atoms. The molecule has 1 aromatic rings. The molecule has 4 saturated carbocycles. The Labute approximate surface area is 206 Å². The third kappa shape index (κ3) is 4.33. The number of pyridine rings is 1. The molecule has 4 heteroatoms. The number of nitrogens with zero attached hydrogens (tertiary/aromatic N) is 2. The van der Waals surface area contributed by atoms with Crippen molar-refractivity contribution >= 4 is 0 Å².